The van der Waals surface area contributed by atoms with Gasteiger partial charge in [0.05, 0.1) is 0 Å². The van der Waals surface area contributed by atoms with E-state index in [-0.39, 0.29) is 23.7 Å². The summed E-state index contributed by atoms with van der Waals surface area (Å²) in [7, 11) is 0. The molecule has 5 unspecified atom stereocenters. The highest BCUT2D eigenvalue weighted by Crippen LogP contribution is 2.62. The number of halogens is 14. The third kappa shape index (κ3) is 3.56. The van der Waals surface area contributed by atoms with Crippen molar-refractivity contribution in [3.05, 3.63) is 0 Å². The zero-order valence-corrected chi connectivity index (χ0v) is 16.6. The summed E-state index contributed by atoms with van der Waals surface area (Å²) in [6.07, 6.45) is -7.75. The van der Waals surface area contributed by atoms with Crippen molar-refractivity contribution in [2.24, 2.45) is 29.6 Å². The summed E-state index contributed by atoms with van der Waals surface area (Å²) >= 11 is 0. The normalized spacial score (nSPS) is 30.5. The lowest BCUT2D eigenvalue weighted by molar-refractivity contribution is -0.433. The standard InChI is InChI=1S/C18H20F14/c1-7-8(2)11-6-10(7)5-9(11)3-4-13(21,22)15(25,26)17(29,30)18(31,32)16(27,28)14(23,24)12(19)20/h7-12H,3-6H2,1-2H3. The van der Waals surface area contributed by atoms with Gasteiger partial charge in [0, 0.05) is 6.42 Å². The van der Waals surface area contributed by atoms with Crippen molar-refractivity contribution in [3.63, 3.8) is 0 Å². The Kier molecular flexibility index (Phi) is 6.63. The topological polar surface area (TPSA) is 0 Å². The minimum absolute atomic E-state index is 0.00562. The fraction of sp³-hybridized carbons (Fsp3) is 1.00. The van der Waals surface area contributed by atoms with Crippen molar-refractivity contribution in [2.75, 3.05) is 0 Å². The van der Waals surface area contributed by atoms with Crippen LogP contribution in [0.25, 0.3) is 0 Å². The van der Waals surface area contributed by atoms with Crippen LogP contribution in [0.1, 0.15) is 39.5 Å². The maximum Gasteiger partial charge on any atom is 0.384 e. The van der Waals surface area contributed by atoms with Gasteiger partial charge in [-0.05, 0) is 48.9 Å². The summed E-state index contributed by atoms with van der Waals surface area (Å²) in [5.74, 6) is -44.6. The van der Waals surface area contributed by atoms with Crippen molar-refractivity contribution >= 4 is 0 Å². The molecule has 0 aliphatic heterocycles. The monoisotopic (exact) mass is 502 g/mol. The molecule has 0 aromatic carbocycles. The van der Waals surface area contributed by atoms with Crippen LogP contribution in [-0.2, 0) is 0 Å². The SMILES string of the molecule is CC1C2CC(CCC(F)(F)C(F)(F)C(F)(F)C(F)(F)C(F)(F)C(F)(F)C(F)F)C(C2)C1C. The van der Waals surface area contributed by atoms with Crippen LogP contribution in [0.2, 0.25) is 0 Å². The van der Waals surface area contributed by atoms with Crippen LogP contribution in [0.3, 0.4) is 0 Å². The summed E-state index contributed by atoms with van der Waals surface area (Å²) in [4.78, 5) is 0. The van der Waals surface area contributed by atoms with Crippen LogP contribution in [-0.4, -0.2) is 42.0 Å². The molecule has 0 spiro atoms. The Morgan fingerprint density at radius 3 is 1.53 bits per heavy atom. The zero-order chi connectivity index (χ0) is 25.3. The highest BCUT2D eigenvalue weighted by Gasteiger charge is 2.91. The van der Waals surface area contributed by atoms with Gasteiger partial charge >= 0.3 is 42.0 Å². The molecule has 32 heavy (non-hydrogen) atoms. The van der Waals surface area contributed by atoms with E-state index in [1.165, 1.54) is 0 Å². The molecule has 0 aromatic heterocycles. The molecule has 2 aliphatic carbocycles. The Bertz CT molecular complexity index is 683. The van der Waals surface area contributed by atoms with Crippen LogP contribution in [0.4, 0.5) is 61.5 Å². The molecule has 190 valence electrons. The van der Waals surface area contributed by atoms with Gasteiger partial charge in [-0.15, -0.1) is 0 Å². The molecule has 2 saturated carbocycles. The number of hydrogen-bond donors (Lipinski definition) is 0. The Labute approximate surface area is 173 Å². The van der Waals surface area contributed by atoms with Crippen molar-refractivity contribution in [2.45, 2.75) is 81.5 Å². The summed E-state index contributed by atoms with van der Waals surface area (Å²) in [6.45, 7) is 3.65. The van der Waals surface area contributed by atoms with Crippen molar-refractivity contribution in [1.82, 2.24) is 0 Å². The first kappa shape index (κ1) is 27.3. The predicted octanol–water partition coefficient (Wildman–Crippen LogP) is 7.77. The first-order chi connectivity index (χ1) is 14.1. The second-order valence-corrected chi connectivity index (χ2v) is 8.84. The van der Waals surface area contributed by atoms with Crippen molar-refractivity contribution in [3.8, 4) is 0 Å². The highest BCUT2D eigenvalue weighted by molar-refractivity contribution is 5.12. The molecule has 0 amide bonds. The Hall–Kier alpha value is -0.980. The van der Waals surface area contributed by atoms with E-state index < -0.39 is 60.7 Å². The number of hydrogen-bond acceptors (Lipinski definition) is 0. The quantitative estimate of drug-likeness (QED) is 0.283. The molecule has 2 fully saturated rings. The smallest absolute Gasteiger partial charge is 0.203 e. The molecule has 0 radical (unpaired) electrons. The van der Waals surface area contributed by atoms with E-state index >= 15 is 0 Å². The Morgan fingerprint density at radius 1 is 0.656 bits per heavy atom. The molecule has 2 bridgehead atoms. The lowest BCUT2D eigenvalue weighted by Gasteiger charge is -2.41. The molecule has 0 N–H and O–H groups in total. The molecule has 2 aliphatic rings. The third-order valence-electron chi connectivity index (χ3n) is 7.20. The second kappa shape index (κ2) is 7.78. The van der Waals surface area contributed by atoms with E-state index in [0.717, 1.165) is 0 Å². The van der Waals surface area contributed by atoms with Gasteiger partial charge < -0.3 is 0 Å². The van der Waals surface area contributed by atoms with Crippen LogP contribution in [0.15, 0.2) is 0 Å². The van der Waals surface area contributed by atoms with E-state index in [1.807, 2.05) is 6.92 Å². The molecule has 5 atom stereocenters. The van der Waals surface area contributed by atoms with Crippen LogP contribution < -0.4 is 0 Å². The maximum absolute atomic E-state index is 14.0. The van der Waals surface area contributed by atoms with Gasteiger partial charge in [-0.1, -0.05) is 13.8 Å². The summed E-state index contributed by atoms with van der Waals surface area (Å²) < 4.78 is 186. The van der Waals surface area contributed by atoms with Crippen LogP contribution >= 0.6 is 0 Å². The van der Waals surface area contributed by atoms with Gasteiger partial charge in [-0.2, -0.15) is 52.7 Å². The molecule has 0 nitrogen and oxygen atoms in total. The lowest BCUT2D eigenvalue weighted by Crippen LogP contribution is -2.71. The Balaban J connectivity index is 2.27. The summed E-state index contributed by atoms with van der Waals surface area (Å²) in [5.41, 5.74) is 0. The number of fused-ring (bicyclic) bond motifs is 2. The third-order valence-corrected chi connectivity index (χ3v) is 7.20. The second-order valence-electron chi connectivity index (χ2n) is 8.84. The van der Waals surface area contributed by atoms with Gasteiger partial charge in [0.25, 0.3) is 0 Å². The van der Waals surface area contributed by atoms with Gasteiger partial charge in [0.2, 0.25) is 0 Å². The molecule has 0 aromatic rings. The van der Waals surface area contributed by atoms with E-state index in [0.29, 0.717) is 12.8 Å². The molecule has 0 saturated heterocycles. The van der Waals surface area contributed by atoms with E-state index in [4.69, 9.17) is 0 Å². The van der Waals surface area contributed by atoms with E-state index in [9.17, 15) is 61.5 Å². The minimum Gasteiger partial charge on any atom is -0.203 e. The van der Waals surface area contributed by atoms with Crippen LogP contribution in [0.5, 0.6) is 0 Å². The lowest BCUT2D eigenvalue weighted by atomic mass is 9.73. The minimum atomic E-state index is -7.94. The zero-order valence-electron chi connectivity index (χ0n) is 16.6. The average Bonchev–Trinajstić information content (AvgIpc) is 3.18. The predicted molar refractivity (Wildman–Crippen MR) is 83.0 cm³/mol. The highest BCUT2D eigenvalue weighted by atomic mass is 19.4. The molecular weight excluding hydrogens is 482 g/mol. The van der Waals surface area contributed by atoms with Crippen molar-refractivity contribution in [1.29, 1.82) is 0 Å². The largest absolute Gasteiger partial charge is 0.384 e. The molecule has 0 heterocycles. The molecule has 2 rings (SSSR count). The number of alkyl halides is 14. The van der Waals surface area contributed by atoms with E-state index in [1.54, 1.807) is 6.92 Å². The van der Waals surface area contributed by atoms with Crippen molar-refractivity contribution < 1.29 is 61.5 Å². The van der Waals surface area contributed by atoms with Gasteiger partial charge in [0.15, 0.2) is 0 Å². The fourth-order valence-corrected chi connectivity index (χ4v) is 4.92. The van der Waals surface area contributed by atoms with Gasteiger partial charge in [-0.3, -0.25) is 0 Å². The summed E-state index contributed by atoms with van der Waals surface area (Å²) in [6, 6.07) is 0. The first-order valence-electron chi connectivity index (χ1n) is 9.63. The molecular formula is C18H20F14. The maximum atomic E-state index is 14.0. The first-order valence-corrected chi connectivity index (χ1v) is 9.63. The Morgan fingerprint density at radius 2 is 1.12 bits per heavy atom. The number of rotatable bonds is 9. The van der Waals surface area contributed by atoms with Crippen LogP contribution in [0, 0.1) is 29.6 Å². The van der Waals surface area contributed by atoms with Gasteiger partial charge in [-0.25, -0.2) is 8.78 Å². The summed E-state index contributed by atoms with van der Waals surface area (Å²) in [5, 5.41) is 0. The fourth-order valence-electron chi connectivity index (χ4n) is 4.92. The van der Waals surface area contributed by atoms with Gasteiger partial charge in [0.1, 0.15) is 0 Å². The average molecular weight is 502 g/mol. The molecule has 14 heteroatoms. The van der Waals surface area contributed by atoms with E-state index in [2.05, 4.69) is 0 Å².